The monoisotopic (exact) mass is 202 g/mol. The molecule has 0 amide bonds. The summed E-state index contributed by atoms with van der Waals surface area (Å²) >= 11 is 0. The van der Waals surface area contributed by atoms with E-state index in [1.54, 1.807) is 6.20 Å². The Labute approximate surface area is 90.0 Å². The zero-order chi connectivity index (χ0) is 11.5. The van der Waals surface area contributed by atoms with Crippen LogP contribution in [0.4, 0.5) is 0 Å². The van der Waals surface area contributed by atoms with Gasteiger partial charge in [-0.3, -0.25) is 4.98 Å². The molecule has 15 heavy (non-hydrogen) atoms. The summed E-state index contributed by atoms with van der Waals surface area (Å²) in [6.45, 7) is 5.93. The molecule has 1 heterocycles. The molecule has 78 valence electrons. The van der Waals surface area contributed by atoms with E-state index in [4.69, 9.17) is 5.53 Å². The highest BCUT2D eigenvalue weighted by molar-refractivity contribution is 5.11. The van der Waals surface area contributed by atoms with Crippen molar-refractivity contribution in [3.63, 3.8) is 0 Å². The van der Waals surface area contributed by atoms with Gasteiger partial charge in [0.2, 0.25) is 0 Å². The van der Waals surface area contributed by atoms with Crippen LogP contribution in [-0.2, 0) is 6.54 Å². The maximum absolute atomic E-state index is 8.01. The molecule has 0 aliphatic rings. The van der Waals surface area contributed by atoms with Gasteiger partial charge < -0.3 is 0 Å². The molecule has 0 unspecified atom stereocenters. The summed E-state index contributed by atoms with van der Waals surface area (Å²) in [5.74, 6) is 5.36. The van der Waals surface area contributed by atoms with E-state index in [1.807, 2.05) is 32.9 Å². The normalized spacial score (nSPS) is 7.40. The van der Waals surface area contributed by atoms with E-state index >= 15 is 0 Å². The lowest BCUT2D eigenvalue weighted by Gasteiger charge is -1.93. The van der Waals surface area contributed by atoms with Gasteiger partial charge >= 0.3 is 0 Å². The molecule has 0 N–H and O–H groups in total. The number of rotatable bonds is 2. The van der Waals surface area contributed by atoms with Gasteiger partial charge in [-0.05, 0) is 37.9 Å². The van der Waals surface area contributed by atoms with Crippen LogP contribution in [0.25, 0.3) is 10.4 Å². The fourth-order valence-corrected chi connectivity index (χ4v) is 0.696. The number of aryl methyl sites for hydroxylation is 1. The lowest BCUT2D eigenvalue weighted by molar-refractivity contribution is 0.971. The second kappa shape index (κ2) is 8.61. The van der Waals surface area contributed by atoms with Gasteiger partial charge in [0, 0.05) is 16.8 Å². The van der Waals surface area contributed by atoms with E-state index < -0.39 is 0 Å². The summed E-state index contributed by atoms with van der Waals surface area (Å²) in [5.41, 5.74) is 9.92. The quantitative estimate of drug-likeness (QED) is 0.314. The number of aromatic nitrogens is 1. The molecule has 1 aromatic rings. The van der Waals surface area contributed by atoms with Gasteiger partial charge in [0.05, 0.1) is 6.54 Å². The molecule has 4 nitrogen and oxygen atoms in total. The molecule has 0 bridgehead atoms. The summed E-state index contributed by atoms with van der Waals surface area (Å²) in [4.78, 5) is 6.69. The third kappa shape index (κ3) is 7.12. The first-order valence-electron chi connectivity index (χ1n) is 4.50. The maximum Gasteiger partial charge on any atom is 0.0684 e. The molecule has 0 saturated carbocycles. The molecule has 0 fully saturated rings. The van der Waals surface area contributed by atoms with Crippen LogP contribution in [0, 0.1) is 18.8 Å². The highest BCUT2D eigenvalue weighted by Crippen LogP contribution is 1.99. The van der Waals surface area contributed by atoms with E-state index in [2.05, 4.69) is 26.9 Å². The summed E-state index contributed by atoms with van der Waals surface area (Å²) in [7, 11) is 0. The SMILES string of the molecule is CC#CC.Cc1ccc(CN=[N+]=[N-])nc1. The first-order chi connectivity index (χ1) is 7.24. The summed E-state index contributed by atoms with van der Waals surface area (Å²) in [5, 5.41) is 3.39. The number of nitrogens with zero attached hydrogens (tertiary/aromatic N) is 4. The second-order valence-electron chi connectivity index (χ2n) is 2.72. The molecule has 0 aliphatic carbocycles. The predicted octanol–water partition coefficient (Wildman–Crippen LogP) is 3.23. The minimum atomic E-state index is 0.330. The average Bonchev–Trinajstić information content (AvgIpc) is 2.29. The number of hydrogen-bond donors (Lipinski definition) is 0. The van der Waals surface area contributed by atoms with Gasteiger partial charge in [-0.25, -0.2) is 0 Å². The Bertz CT molecular complexity index is 371. The van der Waals surface area contributed by atoms with Crippen molar-refractivity contribution < 1.29 is 0 Å². The zero-order valence-corrected chi connectivity index (χ0v) is 9.23. The van der Waals surface area contributed by atoms with E-state index in [0.29, 0.717) is 6.54 Å². The van der Waals surface area contributed by atoms with E-state index in [0.717, 1.165) is 11.3 Å². The predicted molar refractivity (Wildman–Crippen MR) is 60.9 cm³/mol. The highest BCUT2D eigenvalue weighted by Gasteiger charge is 1.89. The van der Waals surface area contributed by atoms with Gasteiger partial charge in [-0.15, -0.1) is 11.8 Å². The fraction of sp³-hybridized carbons (Fsp3) is 0.364. The van der Waals surface area contributed by atoms with Crippen LogP contribution in [0.15, 0.2) is 23.4 Å². The van der Waals surface area contributed by atoms with E-state index in [1.165, 1.54) is 0 Å². The minimum absolute atomic E-state index is 0.330. The van der Waals surface area contributed by atoms with Crippen LogP contribution in [0.2, 0.25) is 0 Å². The molecule has 0 aromatic carbocycles. The Morgan fingerprint density at radius 1 is 1.40 bits per heavy atom. The van der Waals surface area contributed by atoms with Gasteiger partial charge in [-0.2, -0.15) is 0 Å². The Morgan fingerprint density at radius 2 is 2.07 bits per heavy atom. The average molecular weight is 202 g/mol. The minimum Gasteiger partial charge on any atom is -0.261 e. The highest BCUT2D eigenvalue weighted by atomic mass is 15.1. The van der Waals surface area contributed by atoms with Crippen molar-refractivity contribution in [3.8, 4) is 11.8 Å². The molecule has 0 atom stereocenters. The molecular weight excluding hydrogens is 188 g/mol. The van der Waals surface area contributed by atoms with Crippen molar-refractivity contribution in [2.75, 3.05) is 0 Å². The second-order valence-corrected chi connectivity index (χ2v) is 2.72. The van der Waals surface area contributed by atoms with Crippen molar-refractivity contribution >= 4 is 0 Å². The third-order valence-corrected chi connectivity index (χ3v) is 1.52. The maximum atomic E-state index is 8.01. The van der Waals surface area contributed by atoms with Crippen molar-refractivity contribution in [1.29, 1.82) is 0 Å². The van der Waals surface area contributed by atoms with Crippen molar-refractivity contribution in [2.24, 2.45) is 5.11 Å². The molecule has 0 radical (unpaired) electrons. The lowest BCUT2D eigenvalue weighted by atomic mass is 10.3. The molecule has 0 saturated heterocycles. The molecular formula is C11H14N4. The smallest absolute Gasteiger partial charge is 0.0684 e. The standard InChI is InChI=1S/C7H8N4.C4H6/c1-6-2-3-7(9-4-6)5-10-11-8;1-3-4-2/h2-4H,5H2,1H3;1-2H3. The molecule has 0 spiro atoms. The molecule has 0 aliphatic heterocycles. The number of pyridine rings is 1. The van der Waals surface area contributed by atoms with Crippen molar-refractivity contribution in [2.45, 2.75) is 27.3 Å². The zero-order valence-electron chi connectivity index (χ0n) is 9.23. The number of hydrogen-bond acceptors (Lipinski definition) is 2. The van der Waals surface area contributed by atoms with Crippen LogP contribution in [0.3, 0.4) is 0 Å². The van der Waals surface area contributed by atoms with Crippen molar-refractivity contribution in [3.05, 3.63) is 40.0 Å². The topological polar surface area (TPSA) is 61.7 Å². The van der Waals surface area contributed by atoms with Gasteiger partial charge in [-0.1, -0.05) is 11.2 Å². The van der Waals surface area contributed by atoms with Gasteiger partial charge in [0.15, 0.2) is 0 Å². The number of azide groups is 1. The molecule has 1 rings (SSSR count). The van der Waals surface area contributed by atoms with Crippen molar-refractivity contribution in [1.82, 2.24) is 4.98 Å². The summed E-state index contributed by atoms with van der Waals surface area (Å²) in [6.07, 6.45) is 1.75. The van der Waals surface area contributed by atoms with Crippen LogP contribution in [-0.4, -0.2) is 4.98 Å². The van der Waals surface area contributed by atoms with Crippen LogP contribution < -0.4 is 0 Å². The van der Waals surface area contributed by atoms with E-state index in [-0.39, 0.29) is 0 Å². The Hall–Kier alpha value is -1.98. The van der Waals surface area contributed by atoms with Crippen LogP contribution in [0.1, 0.15) is 25.1 Å². The summed E-state index contributed by atoms with van der Waals surface area (Å²) in [6, 6.07) is 3.79. The van der Waals surface area contributed by atoms with Gasteiger partial charge in [0.1, 0.15) is 0 Å². The van der Waals surface area contributed by atoms with Crippen LogP contribution >= 0.6 is 0 Å². The van der Waals surface area contributed by atoms with Crippen LogP contribution in [0.5, 0.6) is 0 Å². The molecule has 1 aromatic heterocycles. The largest absolute Gasteiger partial charge is 0.261 e. The van der Waals surface area contributed by atoms with E-state index in [9.17, 15) is 0 Å². The summed E-state index contributed by atoms with van der Waals surface area (Å²) < 4.78 is 0. The Balaban J connectivity index is 0.000000423. The van der Waals surface area contributed by atoms with Gasteiger partial charge in [0.25, 0.3) is 0 Å². The first-order valence-corrected chi connectivity index (χ1v) is 4.50. The lowest BCUT2D eigenvalue weighted by Crippen LogP contribution is -1.85. The molecule has 4 heteroatoms. The Morgan fingerprint density at radius 3 is 2.47 bits per heavy atom. The third-order valence-electron chi connectivity index (χ3n) is 1.52. The Kier molecular flexibility index (Phi) is 7.47. The fourth-order valence-electron chi connectivity index (χ4n) is 0.696. The first kappa shape index (κ1) is 13.0.